The van der Waals surface area contributed by atoms with Crippen LogP contribution < -0.4 is 0 Å². The zero-order valence-corrected chi connectivity index (χ0v) is 11.8. The molecule has 0 aliphatic carbocycles. The summed E-state index contributed by atoms with van der Waals surface area (Å²) in [4.78, 5) is 20.5. The number of fused-ring (bicyclic) bond motifs is 1. The SMILES string of the molecule is CCc1ccc2c(n1)CCN(C(=O)CN1CC(F)C1)C2. The molecule has 108 valence electrons. The van der Waals surface area contributed by atoms with E-state index in [0.29, 0.717) is 26.2 Å². The van der Waals surface area contributed by atoms with Gasteiger partial charge < -0.3 is 4.90 Å². The number of carbonyl (C=O) groups is 1. The second-order valence-electron chi connectivity index (χ2n) is 5.62. The van der Waals surface area contributed by atoms with E-state index in [-0.39, 0.29) is 5.91 Å². The van der Waals surface area contributed by atoms with Crippen molar-refractivity contribution in [2.75, 3.05) is 26.2 Å². The largest absolute Gasteiger partial charge is 0.337 e. The van der Waals surface area contributed by atoms with Crippen molar-refractivity contribution in [3.8, 4) is 0 Å². The van der Waals surface area contributed by atoms with Crippen LogP contribution in [0, 0.1) is 0 Å². The number of alkyl halides is 1. The van der Waals surface area contributed by atoms with Crippen LogP contribution >= 0.6 is 0 Å². The fourth-order valence-electron chi connectivity index (χ4n) is 2.80. The van der Waals surface area contributed by atoms with Gasteiger partial charge in [-0.3, -0.25) is 14.7 Å². The van der Waals surface area contributed by atoms with Crippen molar-refractivity contribution in [2.45, 2.75) is 32.5 Å². The minimum absolute atomic E-state index is 0.0992. The first-order valence-electron chi connectivity index (χ1n) is 7.27. The third-order valence-corrected chi connectivity index (χ3v) is 4.09. The lowest BCUT2D eigenvalue weighted by atomic mass is 10.0. The van der Waals surface area contributed by atoms with E-state index in [1.165, 1.54) is 0 Å². The molecule has 1 aromatic heterocycles. The van der Waals surface area contributed by atoms with Gasteiger partial charge in [-0.15, -0.1) is 0 Å². The van der Waals surface area contributed by atoms with E-state index in [1.54, 1.807) is 0 Å². The number of pyridine rings is 1. The summed E-state index contributed by atoms with van der Waals surface area (Å²) in [5.41, 5.74) is 3.38. The summed E-state index contributed by atoms with van der Waals surface area (Å²) in [7, 11) is 0. The molecule has 0 radical (unpaired) electrons. The number of halogens is 1. The molecule has 2 aliphatic heterocycles. The highest BCUT2D eigenvalue weighted by Crippen LogP contribution is 2.19. The molecule has 0 bridgehead atoms. The average molecular weight is 277 g/mol. The Morgan fingerprint density at radius 2 is 2.25 bits per heavy atom. The molecule has 0 atom stereocenters. The lowest BCUT2D eigenvalue weighted by Gasteiger charge is -2.36. The van der Waals surface area contributed by atoms with Crippen LogP contribution in [0.15, 0.2) is 12.1 Å². The van der Waals surface area contributed by atoms with Gasteiger partial charge in [-0.1, -0.05) is 13.0 Å². The fourth-order valence-corrected chi connectivity index (χ4v) is 2.80. The lowest BCUT2D eigenvalue weighted by Crippen LogP contribution is -2.53. The maximum atomic E-state index is 12.8. The summed E-state index contributed by atoms with van der Waals surface area (Å²) < 4.78 is 12.8. The zero-order valence-electron chi connectivity index (χ0n) is 11.8. The fraction of sp³-hybridized carbons (Fsp3) is 0.600. The van der Waals surface area contributed by atoms with Crippen LogP contribution in [0.1, 0.15) is 23.9 Å². The first kappa shape index (κ1) is 13.5. The molecule has 4 nitrogen and oxygen atoms in total. The minimum Gasteiger partial charge on any atom is -0.337 e. The monoisotopic (exact) mass is 277 g/mol. The van der Waals surface area contributed by atoms with Gasteiger partial charge in [0, 0.05) is 44.0 Å². The maximum absolute atomic E-state index is 12.8. The van der Waals surface area contributed by atoms with Gasteiger partial charge in [-0.25, -0.2) is 4.39 Å². The molecule has 20 heavy (non-hydrogen) atoms. The number of carbonyl (C=O) groups excluding carboxylic acids is 1. The van der Waals surface area contributed by atoms with Crippen LogP contribution in [0.3, 0.4) is 0 Å². The molecule has 1 fully saturated rings. The highest BCUT2D eigenvalue weighted by molar-refractivity contribution is 5.78. The number of likely N-dealkylation sites (tertiary alicyclic amines) is 1. The van der Waals surface area contributed by atoms with Crippen molar-refractivity contribution in [3.05, 3.63) is 29.1 Å². The molecule has 1 amide bonds. The predicted octanol–water partition coefficient (Wildman–Crippen LogP) is 1.18. The highest BCUT2D eigenvalue weighted by atomic mass is 19.1. The van der Waals surface area contributed by atoms with Crippen molar-refractivity contribution in [1.82, 2.24) is 14.8 Å². The molecule has 1 aromatic rings. The third-order valence-electron chi connectivity index (χ3n) is 4.09. The van der Waals surface area contributed by atoms with E-state index in [1.807, 2.05) is 15.9 Å². The number of aryl methyl sites for hydroxylation is 1. The maximum Gasteiger partial charge on any atom is 0.237 e. The van der Waals surface area contributed by atoms with Crippen LogP contribution in [-0.2, 0) is 24.2 Å². The molecule has 0 saturated carbocycles. The van der Waals surface area contributed by atoms with Crippen molar-refractivity contribution < 1.29 is 9.18 Å². The summed E-state index contributed by atoms with van der Waals surface area (Å²) in [5, 5.41) is 0. The highest BCUT2D eigenvalue weighted by Gasteiger charge is 2.30. The average Bonchev–Trinajstić information content (AvgIpc) is 2.44. The van der Waals surface area contributed by atoms with E-state index < -0.39 is 6.17 Å². The van der Waals surface area contributed by atoms with Gasteiger partial charge in [-0.05, 0) is 18.1 Å². The standard InChI is InChI=1S/C15H20FN3O/c1-2-13-4-3-11-7-19(6-5-14(11)17-13)15(20)10-18-8-12(16)9-18/h3-4,12H,2,5-10H2,1H3. The van der Waals surface area contributed by atoms with Gasteiger partial charge in [-0.2, -0.15) is 0 Å². The van der Waals surface area contributed by atoms with E-state index >= 15 is 0 Å². The Balaban J connectivity index is 1.61. The van der Waals surface area contributed by atoms with Crippen LogP contribution in [0.4, 0.5) is 4.39 Å². The number of rotatable bonds is 3. The Bertz CT molecular complexity index is 514. The summed E-state index contributed by atoms with van der Waals surface area (Å²) in [6, 6.07) is 4.12. The molecular weight excluding hydrogens is 257 g/mol. The van der Waals surface area contributed by atoms with Gasteiger partial charge in [0.1, 0.15) is 6.17 Å². The smallest absolute Gasteiger partial charge is 0.237 e. The van der Waals surface area contributed by atoms with E-state index in [2.05, 4.69) is 18.0 Å². The first-order chi connectivity index (χ1) is 9.65. The van der Waals surface area contributed by atoms with Gasteiger partial charge in [0.25, 0.3) is 0 Å². The van der Waals surface area contributed by atoms with Gasteiger partial charge in [0.15, 0.2) is 0 Å². The van der Waals surface area contributed by atoms with Crippen LogP contribution in [-0.4, -0.2) is 53.0 Å². The number of aromatic nitrogens is 1. The molecule has 0 aromatic carbocycles. The summed E-state index contributed by atoms with van der Waals surface area (Å²) >= 11 is 0. The summed E-state index contributed by atoms with van der Waals surface area (Å²) in [5.74, 6) is 0.0992. The molecule has 0 unspecified atom stereocenters. The van der Waals surface area contributed by atoms with Crippen molar-refractivity contribution in [2.24, 2.45) is 0 Å². The molecule has 3 heterocycles. The summed E-state index contributed by atoms with van der Waals surface area (Å²) in [6.45, 7) is 4.60. The Morgan fingerprint density at radius 3 is 2.95 bits per heavy atom. The molecule has 0 N–H and O–H groups in total. The number of nitrogens with zero attached hydrogens (tertiary/aromatic N) is 3. The van der Waals surface area contributed by atoms with Gasteiger partial charge in [0.05, 0.1) is 6.54 Å². The lowest BCUT2D eigenvalue weighted by molar-refractivity contribution is -0.135. The number of hydrogen-bond donors (Lipinski definition) is 0. The molecule has 0 spiro atoms. The Hall–Kier alpha value is -1.49. The molecular formula is C15H20FN3O. The molecule has 1 saturated heterocycles. The van der Waals surface area contributed by atoms with Crippen LogP contribution in [0.25, 0.3) is 0 Å². The van der Waals surface area contributed by atoms with E-state index in [0.717, 1.165) is 36.3 Å². The minimum atomic E-state index is -0.749. The van der Waals surface area contributed by atoms with E-state index in [9.17, 15) is 9.18 Å². The first-order valence-corrected chi connectivity index (χ1v) is 7.27. The van der Waals surface area contributed by atoms with Crippen LogP contribution in [0.5, 0.6) is 0 Å². The third kappa shape index (κ3) is 2.68. The number of amides is 1. The van der Waals surface area contributed by atoms with Gasteiger partial charge >= 0.3 is 0 Å². The Morgan fingerprint density at radius 1 is 1.45 bits per heavy atom. The van der Waals surface area contributed by atoms with Crippen LogP contribution in [0.2, 0.25) is 0 Å². The second-order valence-corrected chi connectivity index (χ2v) is 5.62. The van der Waals surface area contributed by atoms with Gasteiger partial charge in [0.2, 0.25) is 5.91 Å². The van der Waals surface area contributed by atoms with E-state index in [4.69, 9.17) is 0 Å². The Kier molecular flexibility index (Phi) is 3.70. The molecule has 2 aliphatic rings. The number of hydrogen-bond acceptors (Lipinski definition) is 3. The van der Waals surface area contributed by atoms with Crippen molar-refractivity contribution in [1.29, 1.82) is 0 Å². The van der Waals surface area contributed by atoms with Crippen molar-refractivity contribution >= 4 is 5.91 Å². The summed E-state index contributed by atoms with van der Waals surface area (Å²) in [6.07, 6.45) is 1.01. The molecule has 5 heteroatoms. The second kappa shape index (κ2) is 5.48. The Labute approximate surface area is 118 Å². The quantitative estimate of drug-likeness (QED) is 0.832. The molecule has 3 rings (SSSR count). The zero-order chi connectivity index (χ0) is 14.1. The normalized spacial score (nSPS) is 19.6. The van der Waals surface area contributed by atoms with Crippen molar-refractivity contribution in [3.63, 3.8) is 0 Å². The predicted molar refractivity (Wildman–Crippen MR) is 74.1 cm³/mol. The topological polar surface area (TPSA) is 36.4 Å².